The normalized spacial score (nSPS) is 10.6. The first-order chi connectivity index (χ1) is 10.2. The number of benzene rings is 1. The number of hydrogen-bond acceptors (Lipinski definition) is 5. The Morgan fingerprint density at radius 2 is 2.05 bits per heavy atom. The highest BCUT2D eigenvalue weighted by Crippen LogP contribution is 2.25. The van der Waals surface area contributed by atoms with Crippen LogP contribution >= 0.6 is 0 Å². The van der Waals surface area contributed by atoms with Gasteiger partial charge in [-0.2, -0.15) is 0 Å². The third-order valence-electron chi connectivity index (χ3n) is 2.90. The van der Waals surface area contributed by atoms with Gasteiger partial charge in [0.15, 0.2) is 5.69 Å². The highest BCUT2D eigenvalue weighted by molar-refractivity contribution is 5.92. The minimum Gasteiger partial charge on any atom is -0.494 e. The Bertz CT molecular complexity index is 607. The summed E-state index contributed by atoms with van der Waals surface area (Å²) in [5.74, 6) is -0.415. The van der Waals surface area contributed by atoms with E-state index in [4.69, 9.17) is 9.84 Å². The monoisotopic (exact) mass is 291 g/mol. The van der Waals surface area contributed by atoms with Crippen molar-refractivity contribution in [3.63, 3.8) is 0 Å². The van der Waals surface area contributed by atoms with Crippen LogP contribution < -0.4 is 4.74 Å². The van der Waals surface area contributed by atoms with Gasteiger partial charge >= 0.3 is 5.97 Å². The molecule has 1 aromatic heterocycles. The molecule has 7 nitrogen and oxygen atoms in total. The third-order valence-corrected chi connectivity index (χ3v) is 2.90. The lowest BCUT2D eigenvalue weighted by Gasteiger charge is -2.08. The molecule has 0 amide bonds. The second-order valence-corrected chi connectivity index (χ2v) is 4.35. The maximum atomic E-state index is 11.3. The molecule has 0 aliphatic carbocycles. The van der Waals surface area contributed by atoms with E-state index in [1.807, 2.05) is 6.92 Å². The second kappa shape index (κ2) is 6.85. The molecule has 2 rings (SSSR count). The summed E-state index contributed by atoms with van der Waals surface area (Å²) in [5, 5.41) is 25.7. The average molecular weight is 291 g/mol. The predicted octanol–water partition coefficient (Wildman–Crippen LogP) is 1.42. The quantitative estimate of drug-likeness (QED) is 0.800. The van der Waals surface area contributed by atoms with E-state index in [0.29, 0.717) is 36.6 Å². The van der Waals surface area contributed by atoms with E-state index in [-0.39, 0.29) is 12.3 Å². The first kappa shape index (κ1) is 15.0. The van der Waals surface area contributed by atoms with Crippen molar-refractivity contribution < 1.29 is 19.7 Å². The number of carbonyl (C=O) groups is 1. The molecule has 0 saturated carbocycles. The lowest BCUT2D eigenvalue weighted by atomic mass is 10.1. The summed E-state index contributed by atoms with van der Waals surface area (Å²) in [6.45, 7) is 2.87. The van der Waals surface area contributed by atoms with Crippen molar-refractivity contribution in [3.05, 3.63) is 30.0 Å². The largest absolute Gasteiger partial charge is 0.494 e. The number of aromatic carboxylic acids is 1. The molecule has 7 heteroatoms. The Labute approximate surface area is 121 Å². The van der Waals surface area contributed by atoms with E-state index >= 15 is 0 Å². The zero-order valence-electron chi connectivity index (χ0n) is 11.7. The van der Waals surface area contributed by atoms with Crippen molar-refractivity contribution in [2.45, 2.75) is 19.9 Å². The smallest absolute Gasteiger partial charge is 0.358 e. The fraction of sp³-hybridized carbons (Fsp3) is 0.357. The SMILES string of the molecule is CCOc1ccc(-c2c(C(=O)O)nnn2CCCO)cc1. The first-order valence-electron chi connectivity index (χ1n) is 6.68. The van der Waals surface area contributed by atoms with Crippen LogP contribution in [0.1, 0.15) is 23.8 Å². The van der Waals surface area contributed by atoms with Gasteiger partial charge in [-0.25, -0.2) is 9.48 Å². The van der Waals surface area contributed by atoms with Crippen molar-refractivity contribution >= 4 is 5.97 Å². The van der Waals surface area contributed by atoms with Crippen LogP contribution in [0.3, 0.4) is 0 Å². The average Bonchev–Trinajstić information content (AvgIpc) is 2.90. The summed E-state index contributed by atoms with van der Waals surface area (Å²) >= 11 is 0. The maximum Gasteiger partial charge on any atom is 0.358 e. The summed E-state index contributed by atoms with van der Waals surface area (Å²) in [7, 11) is 0. The van der Waals surface area contributed by atoms with Gasteiger partial charge < -0.3 is 14.9 Å². The Morgan fingerprint density at radius 3 is 2.62 bits per heavy atom. The molecule has 0 atom stereocenters. The minimum atomic E-state index is -1.13. The predicted molar refractivity (Wildman–Crippen MR) is 75.3 cm³/mol. The van der Waals surface area contributed by atoms with Crippen LogP contribution in [0.25, 0.3) is 11.3 Å². The van der Waals surface area contributed by atoms with Crippen molar-refractivity contribution in [1.29, 1.82) is 0 Å². The molecule has 0 spiro atoms. The van der Waals surface area contributed by atoms with Crippen molar-refractivity contribution in [3.8, 4) is 17.0 Å². The summed E-state index contributed by atoms with van der Waals surface area (Å²) < 4.78 is 6.86. The summed E-state index contributed by atoms with van der Waals surface area (Å²) in [6.07, 6.45) is 0.479. The number of hydrogen-bond donors (Lipinski definition) is 2. The molecule has 0 bridgehead atoms. The van der Waals surface area contributed by atoms with E-state index in [9.17, 15) is 9.90 Å². The lowest BCUT2D eigenvalue weighted by Crippen LogP contribution is -2.06. The number of rotatable bonds is 7. The van der Waals surface area contributed by atoms with Gasteiger partial charge in [0, 0.05) is 18.7 Å². The molecule has 2 aromatic rings. The van der Waals surface area contributed by atoms with E-state index < -0.39 is 5.97 Å². The van der Waals surface area contributed by atoms with Gasteiger partial charge in [-0.1, -0.05) is 5.21 Å². The van der Waals surface area contributed by atoms with Gasteiger partial charge in [0.2, 0.25) is 0 Å². The number of aryl methyl sites for hydroxylation is 1. The fourth-order valence-electron chi connectivity index (χ4n) is 2.00. The van der Waals surface area contributed by atoms with Crippen LogP contribution in [0.5, 0.6) is 5.75 Å². The van der Waals surface area contributed by atoms with Crippen LogP contribution in [0.2, 0.25) is 0 Å². The van der Waals surface area contributed by atoms with Crippen LogP contribution in [0, 0.1) is 0 Å². The molecule has 2 N–H and O–H groups in total. The third kappa shape index (κ3) is 3.38. The minimum absolute atomic E-state index is 0.00494. The van der Waals surface area contributed by atoms with Gasteiger partial charge in [-0.05, 0) is 37.6 Å². The van der Waals surface area contributed by atoms with Crippen molar-refractivity contribution in [2.75, 3.05) is 13.2 Å². The van der Waals surface area contributed by atoms with Crippen LogP contribution in [0.4, 0.5) is 0 Å². The summed E-state index contributed by atoms with van der Waals surface area (Å²) in [5.41, 5.74) is 1.02. The number of nitrogens with zero attached hydrogens (tertiary/aromatic N) is 3. The van der Waals surface area contributed by atoms with Gasteiger partial charge in [0.25, 0.3) is 0 Å². The summed E-state index contributed by atoms with van der Waals surface area (Å²) in [6, 6.07) is 7.08. The molecule has 1 aromatic carbocycles. The molecule has 112 valence electrons. The van der Waals surface area contributed by atoms with Gasteiger partial charge in [0.1, 0.15) is 11.4 Å². The molecule has 0 radical (unpaired) electrons. The molecule has 0 unspecified atom stereocenters. The summed E-state index contributed by atoms with van der Waals surface area (Å²) in [4.78, 5) is 11.3. The standard InChI is InChI=1S/C14H17N3O4/c1-2-21-11-6-4-10(5-7-11)13-12(14(19)20)15-16-17(13)8-3-9-18/h4-7,18H,2-3,8-9H2,1H3,(H,19,20). The molecule has 0 saturated heterocycles. The Balaban J connectivity index is 2.39. The molecular weight excluding hydrogens is 274 g/mol. The topological polar surface area (TPSA) is 97.5 Å². The zero-order chi connectivity index (χ0) is 15.2. The van der Waals surface area contributed by atoms with Gasteiger partial charge in [0.05, 0.1) is 6.61 Å². The number of ether oxygens (including phenoxy) is 1. The Hall–Kier alpha value is -2.41. The van der Waals surface area contributed by atoms with E-state index in [0.717, 1.165) is 0 Å². The second-order valence-electron chi connectivity index (χ2n) is 4.35. The first-order valence-corrected chi connectivity index (χ1v) is 6.68. The van der Waals surface area contributed by atoms with Crippen molar-refractivity contribution in [2.24, 2.45) is 0 Å². The highest BCUT2D eigenvalue weighted by Gasteiger charge is 2.20. The van der Waals surface area contributed by atoms with E-state index in [2.05, 4.69) is 10.3 Å². The maximum absolute atomic E-state index is 11.3. The molecule has 0 aliphatic rings. The molecule has 21 heavy (non-hydrogen) atoms. The number of aromatic nitrogens is 3. The number of aliphatic hydroxyl groups excluding tert-OH is 1. The zero-order valence-corrected chi connectivity index (χ0v) is 11.7. The van der Waals surface area contributed by atoms with Crippen LogP contribution in [-0.4, -0.2) is 44.4 Å². The Morgan fingerprint density at radius 1 is 1.33 bits per heavy atom. The Kier molecular flexibility index (Phi) is 4.89. The van der Waals surface area contributed by atoms with E-state index in [1.165, 1.54) is 4.68 Å². The molecule has 0 fully saturated rings. The van der Waals surface area contributed by atoms with Crippen LogP contribution in [0.15, 0.2) is 24.3 Å². The van der Waals surface area contributed by atoms with Crippen LogP contribution in [-0.2, 0) is 6.54 Å². The molecular formula is C14H17N3O4. The number of aliphatic hydroxyl groups is 1. The van der Waals surface area contributed by atoms with Gasteiger partial charge in [-0.15, -0.1) is 5.10 Å². The number of carboxylic acid groups (broad SMARTS) is 1. The number of carboxylic acids is 1. The molecule has 0 aliphatic heterocycles. The van der Waals surface area contributed by atoms with Gasteiger partial charge in [-0.3, -0.25) is 0 Å². The van der Waals surface area contributed by atoms with Crippen molar-refractivity contribution in [1.82, 2.24) is 15.0 Å². The highest BCUT2D eigenvalue weighted by atomic mass is 16.5. The molecule has 1 heterocycles. The fourth-order valence-corrected chi connectivity index (χ4v) is 2.00. The lowest BCUT2D eigenvalue weighted by molar-refractivity contribution is 0.0691. The van der Waals surface area contributed by atoms with E-state index in [1.54, 1.807) is 24.3 Å².